The summed E-state index contributed by atoms with van der Waals surface area (Å²) < 4.78 is 28.2. The smallest absolute Gasteiger partial charge is 0.242 e. The molecule has 3 rings (SSSR count). The van der Waals surface area contributed by atoms with E-state index >= 15 is 0 Å². The quantitative estimate of drug-likeness (QED) is 0.567. The summed E-state index contributed by atoms with van der Waals surface area (Å²) in [5.41, 5.74) is 2.66. The minimum absolute atomic E-state index is 0.122. The Morgan fingerprint density at radius 3 is 1.97 bits per heavy atom. The zero-order valence-electron chi connectivity index (χ0n) is 17.1. The highest BCUT2D eigenvalue weighted by atomic mass is 32.2. The van der Waals surface area contributed by atoms with Gasteiger partial charge >= 0.3 is 0 Å². The van der Waals surface area contributed by atoms with Crippen LogP contribution in [0.1, 0.15) is 30.9 Å². The van der Waals surface area contributed by atoms with E-state index in [0.717, 1.165) is 5.56 Å². The molecule has 0 unspecified atom stereocenters. The van der Waals surface area contributed by atoms with Gasteiger partial charge in [-0.15, -0.1) is 0 Å². The number of benzene rings is 3. The van der Waals surface area contributed by atoms with E-state index < -0.39 is 22.0 Å². The molecule has 5 nitrogen and oxygen atoms in total. The van der Waals surface area contributed by atoms with E-state index in [1.807, 2.05) is 54.6 Å². The summed E-state index contributed by atoms with van der Waals surface area (Å²) in [6.07, 6.45) is 0.239. The lowest BCUT2D eigenvalue weighted by molar-refractivity contribution is -0.117. The van der Waals surface area contributed by atoms with Gasteiger partial charge in [0.15, 0.2) is 0 Å². The number of anilines is 1. The molecule has 6 heteroatoms. The Balaban J connectivity index is 1.82. The second-order valence-corrected chi connectivity index (χ2v) is 9.16. The highest BCUT2D eigenvalue weighted by molar-refractivity contribution is 7.89. The van der Waals surface area contributed by atoms with E-state index in [1.165, 1.54) is 17.7 Å². The molecule has 0 bridgehead atoms. The fourth-order valence-corrected chi connectivity index (χ4v) is 4.29. The van der Waals surface area contributed by atoms with Crippen LogP contribution in [0.4, 0.5) is 5.69 Å². The van der Waals surface area contributed by atoms with Gasteiger partial charge in [-0.3, -0.25) is 4.79 Å². The normalized spacial score (nSPS) is 12.5. The molecule has 156 valence electrons. The molecule has 0 saturated carbocycles. The van der Waals surface area contributed by atoms with Gasteiger partial charge in [0.05, 0.1) is 4.90 Å². The third kappa shape index (κ3) is 5.78. The maximum absolute atomic E-state index is 13.0. The summed E-state index contributed by atoms with van der Waals surface area (Å²) in [7, 11) is -3.85. The highest BCUT2D eigenvalue weighted by Crippen LogP contribution is 2.18. The van der Waals surface area contributed by atoms with Gasteiger partial charge < -0.3 is 5.32 Å². The topological polar surface area (TPSA) is 75.3 Å². The Morgan fingerprint density at radius 1 is 0.833 bits per heavy atom. The van der Waals surface area contributed by atoms with E-state index in [2.05, 4.69) is 23.9 Å². The average Bonchev–Trinajstić information content (AvgIpc) is 2.75. The van der Waals surface area contributed by atoms with E-state index in [1.54, 1.807) is 18.2 Å². The molecule has 0 aliphatic rings. The van der Waals surface area contributed by atoms with Gasteiger partial charge in [0, 0.05) is 5.69 Å². The predicted molar refractivity (Wildman–Crippen MR) is 120 cm³/mol. The van der Waals surface area contributed by atoms with Crippen LogP contribution >= 0.6 is 0 Å². The summed E-state index contributed by atoms with van der Waals surface area (Å²) in [4.78, 5) is 13.1. The summed E-state index contributed by atoms with van der Waals surface area (Å²) in [5, 5.41) is 2.84. The van der Waals surface area contributed by atoms with Crippen molar-refractivity contribution >= 4 is 21.6 Å². The van der Waals surface area contributed by atoms with Gasteiger partial charge in [0.1, 0.15) is 6.04 Å². The molecule has 0 saturated heterocycles. The number of hydrogen-bond acceptors (Lipinski definition) is 3. The minimum atomic E-state index is -3.85. The molecule has 0 aliphatic heterocycles. The molecule has 0 fully saturated rings. The Morgan fingerprint density at radius 2 is 1.40 bits per heavy atom. The number of amides is 1. The first-order chi connectivity index (χ1) is 14.3. The molecule has 0 aromatic heterocycles. The standard InChI is InChI=1S/C24H26N2O3S/c1-18(2)20-13-15-21(16-14-20)25-24(27)23(17-19-9-5-3-6-10-19)26-30(28,29)22-11-7-4-8-12-22/h3-16,18,23,26H,17H2,1-2H3,(H,25,27)/t23-/m0/s1. The number of sulfonamides is 1. The van der Waals surface area contributed by atoms with Crippen LogP contribution in [-0.4, -0.2) is 20.4 Å². The average molecular weight is 423 g/mol. The molecule has 0 radical (unpaired) electrons. The van der Waals surface area contributed by atoms with Gasteiger partial charge in [0.2, 0.25) is 15.9 Å². The first kappa shape index (κ1) is 21.7. The lowest BCUT2D eigenvalue weighted by atomic mass is 10.0. The molecule has 3 aromatic rings. The molecule has 0 spiro atoms. The van der Waals surface area contributed by atoms with Gasteiger partial charge in [-0.05, 0) is 47.7 Å². The van der Waals surface area contributed by atoms with Crippen molar-refractivity contribution in [2.75, 3.05) is 5.32 Å². The van der Waals surface area contributed by atoms with E-state index in [-0.39, 0.29) is 11.3 Å². The Labute approximate surface area is 178 Å². The molecule has 3 aromatic carbocycles. The zero-order valence-corrected chi connectivity index (χ0v) is 17.9. The van der Waals surface area contributed by atoms with Crippen molar-refractivity contribution in [3.8, 4) is 0 Å². The molecule has 0 heterocycles. The van der Waals surface area contributed by atoms with Gasteiger partial charge in [-0.1, -0.05) is 74.5 Å². The monoisotopic (exact) mass is 422 g/mol. The molecular weight excluding hydrogens is 396 g/mol. The zero-order chi connectivity index (χ0) is 21.6. The van der Waals surface area contributed by atoms with Crippen LogP contribution in [0.25, 0.3) is 0 Å². The fourth-order valence-electron chi connectivity index (χ4n) is 3.07. The fraction of sp³-hybridized carbons (Fsp3) is 0.208. The van der Waals surface area contributed by atoms with E-state index in [4.69, 9.17) is 0 Å². The van der Waals surface area contributed by atoms with Crippen molar-refractivity contribution in [1.82, 2.24) is 4.72 Å². The molecule has 1 amide bonds. The lowest BCUT2D eigenvalue weighted by Gasteiger charge is -2.19. The third-order valence-electron chi connectivity index (χ3n) is 4.79. The van der Waals surface area contributed by atoms with Crippen molar-refractivity contribution in [1.29, 1.82) is 0 Å². The van der Waals surface area contributed by atoms with Gasteiger partial charge in [-0.25, -0.2) is 8.42 Å². The first-order valence-electron chi connectivity index (χ1n) is 9.87. The largest absolute Gasteiger partial charge is 0.325 e. The maximum Gasteiger partial charge on any atom is 0.242 e. The predicted octanol–water partition coefficient (Wildman–Crippen LogP) is 4.34. The van der Waals surface area contributed by atoms with Gasteiger partial charge in [-0.2, -0.15) is 4.72 Å². The maximum atomic E-state index is 13.0. The Kier molecular flexibility index (Phi) is 7.03. The summed E-state index contributed by atoms with van der Waals surface area (Å²) in [6.45, 7) is 4.20. The molecule has 30 heavy (non-hydrogen) atoms. The van der Waals surface area contributed by atoms with Crippen molar-refractivity contribution in [3.05, 3.63) is 96.1 Å². The van der Waals surface area contributed by atoms with Crippen molar-refractivity contribution in [3.63, 3.8) is 0 Å². The minimum Gasteiger partial charge on any atom is -0.325 e. The van der Waals surface area contributed by atoms with E-state index in [9.17, 15) is 13.2 Å². The van der Waals surface area contributed by atoms with Crippen molar-refractivity contribution < 1.29 is 13.2 Å². The lowest BCUT2D eigenvalue weighted by Crippen LogP contribution is -2.45. The van der Waals surface area contributed by atoms with Crippen LogP contribution in [0.5, 0.6) is 0 Å². The summed E-state index contributed by atoms with van der Waals surface area (Å²) in [5.74, 6) is -0.0195. The Hall–Kier alpha value is -2.96. The third-order valence-corrected chi connectivity index (χ3v) is 6.28. The number of hydrogen-bond donors (Lipinski definition) is 2. The molecule has 1 atom stereocenters. The van der Waals surface area contributed by atoms with Crippen LogP contribution < -0.4 is 10.0 Å². The van der Waals surface area contributed by atoms with Crippen molar-refractivity contribution in [2.45, 2.75) is 37.1 Å². The van der Waals surface area contributed by atoms with E-state index in [0.29, 0.717) is 11.6 Å². The number of carbonyl (C=O) groups is 1. The molecule has 2 N–H and O–H groups in total. The highest BCUT2D eigenvalue weighted by Gasteiger charge is 2.26. The number of nitrogens with one attached hydrogen (secondary N) is 2. The van der Waals surface area contributed by atoms with Crippen LogP contribution in [0.2, 0.25) is 0 Å². The van der Waals surface area contributed by atoms with Crippen LogP contribution in [0, 0.1) is 0 Å². The number of carbonyl (C=O) groups excluding carboxylic acids is 1. The SMILES string of the molecule is CC(C)c1ccc(NC(=O)[C@H](Cc2ccccc2)NS(=O)(=O)c2ccccc2)cc1. The molecular formula is C24H26N2O3S. The van der Waals surface area contributed by atoms with Crippen molar-refractivity contribution in [2.24, 2.45) is 0 Å². The first-order valence-corrected chi connectivity index (χ1v) is 11.4. The van der Waals surface area contributed by atoms with Gasteiger partial charge in [0.25, 0.3) is 0 Å². The summed E-state index contributed by atoms with van der Waals surface area (Å²) in [6, 6.07) is 24.0. The van der Waals surface area contributed by atoms with Crippen LogP contribution in [0.3, 0.4) is 0 Å². The van der Waals surface area contributed by atoms with Crippen LogP contribution in [-0.2, 0) is 21.2 Å². The summed E-state index contributed by atoms with van der Waals surface area (Å²) >= 11 is 0. The number of rotatable bonds is 8. The second kappa shape index (κ2) is 9.69. The molecule has 0 aliphatic carbocycles. The van der Waals surface area contributed by atoms with Crippen LogP contribution in [0.15, 0.2) is 89.8 Å². The Bertz CT molecular complexity index is 1060. The second-order valence-electron chi connectivity index (χ2n) is 7.44.